The molecule has 2 heterocycles. The molecule has 6 nitrogen and oxygen atoms in total. The number of methoxy groups -OCH3 is 2. The Morgan fingerprint density at radius 3 is 2.33 bits per heavy atom. The van der Waals surface area contributed by atoms with Crippen LogP contribution in [0.2, 0.25) is 0 Å². The number of hydrogen-bond donors (Lipinski definition) is 1. The van der Waals surface area contributed by atoms with Gasteiger partial charge in [0.1, 0.15) is 11.5 Å². The van der Waals surface area contributed by atoms with Crippen LogP contribution in [0.5, 0.6) is 11.5 Å². The summed E-state index contributed by atoms with van der Waals surface area (Å²) in [4.78, 5) is 21.4. The van der Waals surface area contributed by atoms with Crippen molar-refractivity contribution < 1.29 is 14.3 Å². The van der Waals surface area contributed by atoms with Crippen LogP contribution in [-0.4, -0.2) is 67.6 Å². The van der Waals surface area contributed by atoms with E-state index in [9.17, 15) is 4.79 Å². The Morgan fingerprint density at radius 2 is 1.73 bits per heavy atom. The van der Waals surface area contributed by atoms with Crippen LogP contribution in [0.3, 0.4) is 0 Å². The lowest BCUT2D eigenvalue weighted by Crippen LogP contribution is -2.48. The number of hydrogen-bond acceptors (Lipinski definition) is 4. The van der Waals surface area contributed by atoms with Crippen molar-refractivity contribution >= 4 is 16.8 Å². The maximum absolute atomic E-state index is 13.5. The Hall–Kier alpha value is -2.99. The SMILES string of the molecule is CCc1cccc2c(C(CC(=O)N3CCN(CC)CC3)c3cc(OC)cc(OC)c3)c[nH]c12. The zero-order valence-electron chi connectivity index (χ0n) is 20.2. The predicted octanol–water partition coefficient (Wildman–Crippen LogP) is 4.43. The molecule has 1 saturated heterocycles. The molecule has 0 aliphatic carbocycles. The Balaban J connectivity index is 1.73. The maximum Gasteiger partial charge on any atom is 0.223 e. The number of nitrogens with one attached hydrogen (secondary N) is 1. The van der Waals surface area contributed by atoms with Gasteiger partial charge in [-0.2, -0.15) is 0 Å². The second-order valence-electron chi connectivity index (χ2n) is 8.66. The van der Waals surface area contributed by atoms with Crippen molar-refractivity contribution in [2.75, 3.05) is 46.9 Å². The summed E-state index contributed by atoms with van der Waals surface area (Å²) in [5.41, 5.74) is 4.59. The first-order valence-electron chi connectivity index (χ1n) is 11.9. The number of carbonyl (C=O) groups is 1. The van der Waals surface area contributed by atoms with E-state index >= 15 is 0 Å². The van der Waals surface area contributed by atoms with Gasteiger partial charge in [0.05, 0.1) is 14.2 Å². The van der Waals surface area contributed by atoms with E-state index in [0.717, 1.165) is 67.3 Å². The minimum absolute atomic E-state index is 0.105. The topological polar surface area (TPSA) is 57.8 Å². The minimum atomic E-state index is -0.105. The average molecular weight is 450 g/mol. The summed E-state index contributed by atoms with van der Waals surface area (Å²) in [5, 5.41) is 1.17. The molecule has 0 saturated carbocycles. The number of fused-ring (bicyclic) bond motifs is 1. The third-order valence-electron chi connectivity index (χ3n) is 6.92. The second-order valence-corrected chi connectivity index (χ2v) is 8.66. The fourth-order valence-electron chi connectivity index (χ4n) is 4.88. The average Bonchev–Trinajstić information content (AvgIpc) is 3.30. The van der Waals surface area contributed by atoms with Crippen molar-refractivity contribution in [2.45, 2.75) is 32.6 Å². The van der Waals surface area contributed by atoms with Crippen molar-refractivity contribution in [1.82, 2.24) is 14.8 Å². The highest BCUT2D eigenvalue weighted by Crippen LogP contribution is 2.38. The summed E-state index contributed by atoms with van der Waals surface area (Å²) >= 11 is 0. The third-order valence-corrected chi connectivity index (χ3v) is 6.92. The first kappa shape index (κ1) is 23.2. The molecule has 1 N–H and O–H groups in total. The Kier molecular flexibility index (Phi) is 7.23. The molecule has 6 heteroatoms. The second kappa shape index (κ2) is 10.3. The van der Waals surface area contributed by atoms with Gasteiger partial charge in [-0.05, 0) is 41.8 Å². The van der Waals surface area contributed by atoms with E-state index in [1.807, 2.05) is 23.1 Å². The number of H-pyrrole nitrogens is 1. The zero-order chi connectivity index (χ0) is 23.4. The van der Waals surface area contributed by atoms with E-state index in [1.54, 1.807) is 14.2 Å². The lowest BCUT2D eigenvalue weighted by Gasteiger charge is -2.35. The van der Waals surface area contributed by atoms with Gasteiger partial charge in [-0.25, -0.2) is 0 Å². The van der Waals surface area contributed by atoms with Gasteiger partial charge in [-0.1, -0.05) is 32.0 Å². The van der Waals surface area contributed by atoms with Crippen LogP contribution >= 0.6 is 0 Å². The lowest BCUT2D eigenvalue weighted by molar-refractivity contribution is -0.133. The van der Waals surface area contributed by atoms with Crippen molar-refractivity contribution in [1.29, 1.82) is 0 Å². The number of para-hydroxylation sites is 1. The number of carbonyl (C=O) groups excluding carboxylic acids is 1. The minimum Gasteiger partial charge on any atom is -0.497 e. The van der Waals surface area contributed by atoms with Crippen LogP contribution in [0.15, 0.2) is 42.6 Å². The van der Waals surface area contributed by atoms with Gasteiger partial charge in [0.2, 0.25) is 5.91 Å². The number of aromatic nitrogens is 1. The first-order chi connectivity index (χ1) is 16.1. The molecule has 176 valence electrons. The van der Waals surface area contributed by atoms with Gasteiger partial charge in [-0.3, -0.25) is 4.79 Å². The molecule has 2 aromatic carbocycles. The van der Waals surface area contributed by atoms with Crippen LogP contribution in [0.25, 0.3) is 10.9 Å². The fourth-order valence-corrected chi connectivity index (χ4v) is 4.88. The summed E-state index contributed by atoms with van der Waals surface area (Å²) in [7, 11) is 3.32. The standard InChI is InChI=1S/C27H35N3O3/c1-5-19-8-7-9-23-25(18-28-27(19)23)24(20-14-21(32-3)16-22(15-20)33-4)17-26(31)30-12-10-29(6-2)11-13-30/h7-9,14-16,18,24,28H,5-6,10-13,17H2,1-4H3. The number of benzene rings is 2. The monoisotopic (exact) mass is 449 g/mol. The van der Waals surface area contributed by atoms with E-state index in [1.165, 1.54) is 10.9 Å². The van der Waals surface area contributed by atoms with Crippen molar-refractivity contribution in [3.05, 3.63) is 59.3 Å². The number of aromatic amines is 1. The molecule has 4 rings (SSSR count). The molecule has 3 aromatic rings. The molecular formula is C27H35N3O3. The lowest BCUT2D eigenvalue weighted by atomic mass is 9.87. The first-order valence-corrected chi connectivity index (χ1v) is 11.9. The largest absolute Gasteiger partial charge is 0.497 e. The van der Waals surface area contributed by atoms with E-state index in [4.69, 9.17) is 9.47 Å². The Labute approximate surface area is 196 Å². The van der Waals surface area contributed by atoms with Crippen LogP contribution < -0.4 is 9.47 Å². The number of aryl methyl sites for hydroxylation is 1. The van der Waals surface area contributed by atoms with Gasteiger partial charge >= 0.3 is 0 Å². The number of likely N-dealkylation sites (N-methyl/N-ethyl adjacent to an activating group) is 1. The van der Waals surface area contributed by atoms with Gasteiger partial charge in [0.15, 0.2) is 0 Å². The molecule has 1 amide bonds. The maximum atomic E-state index is 13.5. The molecule has 1 aromatic heterocycles. The van der Waals surface area contributed by atoms with Crippen molar-refractivity contribution in [3.8, 4) is 11.5 Å². The predicted molar refractivity (Wildman–Crippen MR) is 132 cm³/mol. The highest BCUT2D eigenvalue weighted by Gasteiger charge is 2.27. The summed E-state index contributed by atoms with van der Waals surface area (Å²) in [6.07, 6.45) is 3.43. The van der Waals surface area contributed by atoms with Gasteiger partial charge in [0.25, 0.3) is 0 Å². The Morgan fingerprint density at radius 1 is 1.03 bits per heavy atom. The molecule has 1 unspecified atom stereocenters. The number of rotatable bonds is 8. The van der Waals surface area contributed by atoms with Gasteiger partial charge in [0, 0.05) is 61.7 Å². The molecule has 33 heavy (non-hydrogen) atoms. The third kappa shape index (κ3) is 4.86. The van der Waals surface area contributed by atoms with E-state index in [-0.39, 0.29) is 11.8 Å². The highest BCUT2D eigenvalue weighted by molar-refractivity contribution is 5.88. The Bertz CT molecular complexity index is 1080. The summed E-state index contributed by atoms with van der Waals surface area (Å²) in [6.45, 7) is 8.82. The van der Waals surface area contributed by atoms with Crippen molar-refractivity contribution in [3.63, 3.8) is 0 Å². The quantitative estimate of drug-likeness (QED) is 0.553. The normalized spacial score (nSPS) is 15.6. The van der Waals surface area contributed by atoms with Gasteiger partial charge < -0.3 is 24.3 Å². The van der Waals surface area contributed by atoms with E-state index in [0.29, 0.717) is 6.42 Å². The fraction of sp³-hybridized carbons (Fsp3) is 0.444. The van der Waals surface area contributed by atoms with Gasteiger partial charge in [-0.15, -0.1) is 0 Å². The number of piperazine rings is 1. The molecule has 0 bridgehead atoms. The molecular weight excluding hydrogens is 414 g/mol. The van der Waals surface area contributed by atoms with Crippen LogP contribution in [0.1, 0.15) is 42.9 Å². The molecule has 0 radical (unpaired) electrons. The summed E-state index contributed by atoms with van der Waals surface area (Å²) < 4.78 is 11.1. The van der Waals surface area contributed by atoms with Crippen molar-refractivity contribution in [2.24, 2.45) is 0 Å². The smallest absolute Gasteiger partial charge is 0.223 e. The van der Waals surface area contributed by atoms with E-state index < -0.39 is 0 Å². The number of ether oxygens (including phenoxy) is 2. The van der Waals surface area contributed by atoms with Crippen LogP contribution in [0.4, 0.5) is 0 Å². The molecule has 1 aliphatic heterocycles. The molecule has 1 atom stereocenters. The highest BCUT2D eigenvalue weighted by atomic mass is 16.5. The summed E-state index contributed by atoms with van der Waals surface area (Å²) in [5.74, 6) is 1.55. The van der Waals surface area contributed by atoms with Crippen LogP contribution in [-0.2, 0) is 11.2 Å². The van der Waals surface area contributed by atoms with Crippen LogP contribution in [0, 0.1) is 0 Å². The molecule has 1 fully saturated rings. The zero-order valence-corrected chi connectivity index (χ0v) is 20.2. The van der Waals surface area contributed by atoms with E-state index in [2.05, 4.69) is 48.1 Å². The number of nitrogens with zero attached hydrogens (tertiary/aromatic N) is 2. The molecule has 0 spiro atoms. The number of amides is 1. The summed E-state index contributed by atoms with van der Waals surface area (Å²) in [6, 6.07) is 12.3. The molecule has 1 aliphatic rings.